The van der Waals surface area contributed by atoms with Crippen molar-refractivity contribution >= 4 is 5.91 Å². The average molecular weight is 416 g/mol. The molecule has 0 unspecified atom stereocenters. The minimum Gasteiger partial charge on any atom is -0.377 e. The highest BCUT2D eigenvalue weighted by molar-refractivity contribution is 5.94. The fourth-order valence-electron chi connectivity index (χ4n) is 4.47. The fourth-order valence-corrected chi connectivity index (χ4v) is 4.47. The summed E-state index contributed by atoms with van der Waals surface area (Å²) in [4.78, 5) is 17.5. The van der Waals surface area contributed by atoms with E-state index < -0.39 is 0 Å². The highest BCUT2D eigenvalue weighted by Gasteiger charge is 2.23. The predicted molar refractivity (Wildman–Crippen MR) is 123 cm³/mol. The number of unbranched alkanes of at least 4 members (excludes halogenated alkanes) is 1. The van der Waals surface area contributed by atoms with Crippen molar-refractivity contribution in [2.75, 3.05) is 52.4 Å². The standard InChI is InChI=1S/C25H41N3O2/c1-21(2)19-30-20-23-6-8-24(9-7-23)25(29)28-15-10-22(11-16-28)5-3-4-14-27-17-12-26-13-18-27/h6-9,21-22,26H,3-5,10-20H2,1-2H3. The van der Waals surface area contributed by atoms with Gasteiger partial charge in [0.2, 0.25) is 0 Å². The summed E-state index contributed by atoms with van der Waals surface area (Å²) in [6.07, 6.45) is 6.26. The lowest BCUT2D eigenvalue weighted by atomic mass is 9.91. The number of carbonyl (C=O) groups excluding carboxylic acids is 1. The lowest BCUT2D eigenvalue weighted by Crippen LogP contribution is -2.43. The highest BCUT2D eigenvalue weighted by atomic mass is 16.5. The van der Waals surface area contributed by atoms with E-state index in [1.165, 1.54) is 38.9 Å². The molecule has 2 fully saturated rings. The minimum absolute atomic E-state index is 0.182. The largest absolute Gasteiger partial charge is 0.377 e. The molecule has 2 heterocycles. The van der Waals surface area contributed by atoms with E-state index in [0.29, 0.717) is 12.5 Å². The van der Waals surface area contributed by atoms with E-state index in [1.807, 2.05) is 29.2 Å². The lowest BCUT2D eigenvalue weighted by Gasteiger charge is -2.32. The van der Waals surface area contributed by atoms with Crippen LogP contribution in [0.15, 0.2) is 24.3 Å². The summed E-state index contributed by atoms with van der Waals surface area (Å²) in [6, 6.07) is 7.97. The number of ether oxygens (including phenoxy) is 1. The third-order valence-electron chi connectivity index (χ3n) is 6.37. The summed E-state index contributed by atoms with van der Waals surface area (Å²) in [7, 11) is 0. The molecule has 1 amide bonds. The number of nitrogens with one attached hydrogen (secondary N) is 1. The molecule has 2 aliphatic heterocycles. The number of piperidine rings is 1. The number of piperazine rings is 1. The second kappa shape index (κ2) is 12.4. The van der Waals surface area contributed by atoms with Gasteiger partial charge in [-0.05, 0) is 55.3 Å². The zero-order chi connectivity index (χ0) is 21.2. The van der Waals surface area contributed by atoms with E-state index in [9.17, 15) is 4.79 Å². The third kappa shape index (κ3) is 7.68. The first kappa shape index (κ1) is 23.2. The number of hydrogen-bond donors (Lipinski definition) is 1. The van der Waals surface area contributed by atoms with Crippen molar-refractivity contribution in [2.24, 2.45) is 11.8 Å². The molecule has 5 heteroatoms. The molecular formula is C25H41N3O2. The monoisotopic (exact) mass is 415 g/mol. The molecule has 1 aromatic rings. The number of carbonyl (C=O) groups is 1. The normalized spacial score (nSPS) is 18.8. The van der Waals surface area contributed by atoms with Crippen molar-refractivity contribution in [3.63, 3.8) is 0 Å². The van der Waals surface area contributed by atoms with E-state index in [0.717, 1.165) is 62.7 Å². The van der Waals surface area contributed by atoms with Gasteiger partial charge in [0.05, 0.1) is 6.61 Å². The summed E-state index contributed by atoms with van der Waals surface area (Å²) in [5.74, 6) is 1.51. The van der Waals surface area contributed by atoms with Gasteiger partial charge in [-0.15, -0.1) is 0 Å². The first-order chi connectivity index (χ1) is 14.6. The van der Waals surface area contributed by atoms with E-state index in [-0.39, 0.29) is 5.91 Å². The molecule has 0 spiro atoms. The molecule has 0 aliphatic carbocycles. The van der Waals surface area contributed by atoms with Crippen molar-refractivity contribution in [3.05, 3.63) is 35.4 Å². The number of likely N-dealkylation sites (tertiary alicyclic amines) is 1. The zero-order valence-corrected chi connectivity index (χ0v) is 19.1. The molecule has 5 nitrogen and oxygen atoms in total. The maximum absolute atomic E-state index is 12.8. The number of nitrogens with zero attached hydrogens (tertiary/aromatic N) is 2. The van der Waals surface area contributed by atoms with Crippen LogP contribution in [-0.4, -0.2) is 68.1 Å². The highest BCUT2D eigenvalue weighted by Crippen LogP contribution is 2.24. The quantitative estimate of drug-likeness (QED) is 0.591. The van der Waals surface area contributed by atoms with E-state index in [4.69, 9.17) is 4.74 Å². The van der Waals surface area contributed by atoms with Crippen LogP contribution in [0.5, 0.6) is 0 Å². The molecule has 2 saturated heterocycles. The predicted octanol–water partition coefficient (Wildman–Crippen LogP) is 3.79. The Balaban J connectivity index is 1.32. The van der Waals surface area contributed by atoms with Gasteiger partial charge in [-0.2, -0.15) is 0 Å². The SMILES string of the molecule is CC(C)COCc1ccc(C(=O)N2CCC(CCCCN3CCNCC3)CC2)cc1. The molecule has 30 heavy (non-hydrogen) atoms. The van der Waals surface area contributed by atoms with Gasteiger partial charge in [0, 0.05) is 51.4 Å². The zero-order valence-electron chi connectivity index (χ0n) is 19.1. The van der Waals surface area contributed by atoms with Crippen molar-refractivity contribution in [2.45, 2.75) is 52.6 Å². The molecular weight excluding hydrogens is 374 g/mol. The number of hydrogen-bond acceptors (Lipinski definition) is 4. The smallest absolute Gasteiger partial charge is 0.253 e. The van der Waals surface area contributed by atoms with Gasteiger partial charge in [0.25, 0.3) is 5.91 Å². The number of rotatable bonds is 10. The number of amides is 1. The van der Waals surface area contributed by atoms with Crippen molar-refractivity contribution < 1.29 is 9.53 Å². The van der Waals surface area contributed by atoms with Crippen LogP contribution in [0.25, 0.3) is 0 Å². The van der Waals surface area contributed by atoms with E-state index in [1.54, 1.807) is 0 Å². The van der Waals surface area contributed by atoms with Gasteiger partial charge < -0.3 is 19.9 Å². The van der Waals surface area contributed by atoms with Crippen LogP contribution in [0.1, 0.15) is 61.9 Å². The Morgan fingerprint density at radius 2 is 1.77 bits per heavy atom. The molecule has 168 valence electrons. The van der Waals surface area contributed by atoms with Crippen LogP contribution in [0.4, 0.5) is 0 Å². The van der Waals surface area contributed by atoms with Crippen LogP contribution in [0.3, 0.4) is 0 Å². The van der Waals surface area contributed by atoms with Gasteiger partial charge in [-0.25, -0.2) is 0 Å². The molecule has 2 aliphatic rings. The van der Waals surface area contributed by atoms with E-state index >= 15 is 0 Å². The van der Waals surface area contributed by atoms with Crippen LogP contribution in [0.2, 0.25) is 0 Å². The van der Waals surface area contributed by atoms with Crippen LogP contribution >= 0.6 is 0 Å². The summed E-state index contributed by atoms with van der Waals surface area (Å²) in [5, 5.41) is 3.42. The Morgan fingerprint density at radius 3 is 2.43 bits per heavy atom. The Morgan fingerprint density at radius 1 is 1.07 bits per heavy atom. The molecule has 0 bridgehead atoms. The Hall–Kier alpha value is -1.43. The summed E-state index contributed by atoms with van der Waals surface area (Å²) in [5.41, 5.74) is 1.93. The second-order valence-corrected chi connectivity index (χ2v) is 9.43. The topological polar surface area (TPSA) is 44.8 Å². The maximum Gasteiger partial charge on any atom is 0.253 e. The molecule has 3 rings (SSSR count). The molecule has 0 radical (unpaired) electrons. The first-order valence-corrected chi connectivity index (χ1v) is 12.0. The minimum atomic E-state index is 0.182. The number of benzene rings is 1. The first-order valence-electron chi connectivity index (χ1n) is 12.0. The third-order valence-corrected chi connectivity index (χ3v) is 6.37. The van der Waals surface area contributed by atoms with Gasteiger partial charge in [0.1, 0.15) is 0 Å². The van der Waals surface area contributed by atoms with Crippen molar-refractivity contribution in [1.29, 1.82) is 0 Å². The van der Waals surface area contributed by atoms with Crippen LogP contribution < -0.4 is 5.32 Å². The summed E-state index contributed by atoms with van der Waals surface area (Å²) in [6.45, 7) is 13.4. The average Bonchev–Trinajstić information content (AvgIpc) is 2.78. The molecule has 0 saturated carbocycles. The Kier molecular flexibility index (Phi) is 9.63. The van der Waals surface area contributed by atoms with Crippen molar-refractivity contribution in [3.8, 4) is 0 Å². The Bertz CT molecular complexity index is 618. The Labute approximate surface area is 183 Å². The molecule has 0 atom stereocenters. The summed E-state index contributed by atoms with van der Waals surface area (Å²) < 4.78 is 5.68. The second-order valence-electron chi connectivity index (χ2n) is 9.43. The molecule has 0 aromatic heterocycles. The summed E-state index contributed by atoms with van der Waals surface area (Å²) >= 11 is 0. The fraction of sp³-hybridized carbons (Fsp3) is 0.720. The van der Waals surface area contributed by atoms with Gasteiger partial charge in [-0.1, -0.05) is 38.8 Å². The van der Waals surface area contributed by atoms with Crippen LogP contribution in [-0.2, 0) is 11.3 Å². The van der Waals surface area contributed by atoms with Crippen LogP contribution in [0, 0.1) is 11.8 Å². The van der Waals surface area contributed by atoms with Gasteiger partial charge in [0.15, 0.2) is 0 Å². The molecule has 1 N–H and O–H groups in total. The lowest BCUT2D eigenvalue weighted by molar-refractivity contribution is 0.0685. The maximum atomic E-state index is 12.8. The van der Waals surface area contributed by atoms with E-state index in [2.05, 4.69) is 24.1 Å². The van der Waals surface area contributed by atoms with Gasteiger partial charge in [-0.3, -0.25) is 4.79 Å². The van der Waals surface area contributed by atoms with Gasteiger partial charge >= 0.3 is 0 Å². The van der Waals surface area contributed by atoms with Crippen molar-refractivity contribution in [1.82, 2.24) is 15.1 Å². The molecule has 1 aromatic carbocycles.